The lowest BCUT2D eigenvalue weighted by Gasteiger charge is -2.27. The molecule has 0 aliphatic rings. The first kappa shape index (κ1) is 24.2. The Kier molecular flexibility index (Phi) is 7.92. The van der Waals surface area contributed by atoms with E-state index in [1.54, 1.807) is 12.1 Å². The molecule has 0 aliphatic carbocycles. The summed E-state index contributed by atoms with van der Waals surface area (Å²) in [7, 11) is -1.99. The van der Waals surface area contributed by atoms with E-state index < -0.39 is 19.0 Å². The Hall–Kier alpha value is -2.42. The van der Waals surface area contributed by atoms with E-state index in [0.29, 0.717) is 6.42 Å². The van der Waals surface area contributed by atoms with Crippen molar-refractivity contribution in [2.24, 2.45) is 0 Å². The molecule has 0 amide bonds. The molecule has 0 heterocycles. The molecule has 0 bridgehead atoms. The molecule has 0 aliphatic heterocycles. The van der Waals surface area contributed by atoms with Gasteiger partial charge in [-0.2, -0.15) is 13.2 Å². The highest BCUT2D eigenvalue weighted by atomic mass is 79.9. The number of hydrogen-bond donors (Lipinski definition) is 0. The molecule has 4 aromatic carbocycles. The zero-order chi connectivity index (χ0) is 21.7. The molecule has 0 nitrogen and oxygen atoms in total. The Bertz CT molecular complexity index is 1000. The maximum atomic E-state index is 13.0. The molecule has 4 aromatic rings. The van der Waals surface area contributed by atoms with Crippen LogP contribution in [0.25, 0.3) is 0 Å². The normalized spacial score (nSPS) is 11.6. The van der Waals surface area contributed by atoms with Gasteiger partial charge in [0, 0.05) is 6.42 Å². The Morgan fingerprint density at radius 2 is 0.906 bits per heavy atom. The molecule has 0 radical (unpaired) electrons. The SMILES string of the molecule is FC(F)(F)c1ccc(CC[P+](c2ccccc2)(c2ccccc2)c2ccccc2)cc1.[Br-]. The van der Waals surface area contributed by atoms with Gasteiger partial charge in [0.05, 0.1) is 11.7 Å². The largest absolute Gasteiger partial charge is 1.00 e. The van der Waals surface area contributed by atoms with Gasteiger partial charge in [-0.25, -0.2) is 0 Å². The van der Waals surface area contributed by atoms with Crippen LogP contribution in [0.3, 0.4) is 0 Å². The van der Waals surface area contributed by atoms with E-state index >= 15 is 0 Å². The summed E-state index contributed by atoms with van der Waals surface area (Å²) in [6, 6.07) is 37.1. The van der Waals surface area contributed by atoms with E-state index in [4.69, 9.17) is 0 Å². The molecule has 5 heteroatoms. The molecule has 0 unspecified atom stereocenters. The highest BCUT2D eigenvalue weighted by molar-refractivity contribution is 7.95. The Morgan fingerprint density at radius 3 is 1.25 bits per heavy atom. The zero-order valence-corrected chi connectivity index (χ0v) is 19.8. The van der Waals surface area contributed by atoms with Gasteiger partial charge in [0.15, 0.2) is 0 Å². The quantitative estimate of drug-likeness (QED) is 0.346. The van der Waals surface area contributed by atoms with Crippen molar-refractivity contribution < 1.29 is 30.2 Å². The highest BCUT2D eigenvalue weighted by Gasteiger charge is 2.44. The zero-order valence-electron chi connectivity index (χ0n) is 17.3. The number of aryl methyl sites for hydroxylation is 1. The van der Waals surface area contributed by atoms with Crippen LogP contribution in [0.5, 0.6) is 0 Å². The van der Waals surface area contributed by atoms with Crippen LogP contribution in [0.2, 0.25) is 0 Å². The molecule has 0 fully saturated rings. The second kappa shape index (κ2) is 10.5. The summed E-state index contributed by atoms with van der Waals surface area (Å²) in [4.78, 5) is 0. The predicted molar refractivity (Wildman–Crippen MR) is 125 cm³/mol. The minimum Gasteiger partial charge on any atom is -1.00 e. The second-order valence-electron chi connectivity index (χ2n) is 7.48. The van der Waals surface area contributed by atoms with Gasteiger partial charge in [0.1, 0.15) is 23.2 Å². The lowest BCUT2D eigenvalue weighted by molar-refractivity contribution is -0.137. The molecular formula is C27H23BrF3P. The highest BCUT2D eigenvalue weighted by Crippen LogP contribution is 2.55. The van der Waals surface area contributed by atoms with Crippen molar-refractivity contribution in [2.75, 3.05) is 6.16 Å². The standard InChI is InChI=1S/C27H23F3P.BrH/c28-27(29,30)23-18-16-22(17-19-23)20-21-31(24-10-4-1-5-11-24,25-12-6-2-7-13-25)26-14-8-3-9-15-26;/h1-19H,20-21H2;1H/q+1;/p-1. The topological polar surface area (TPSA) is 0 Å². The average Bonchev–Trinajstić information content (AvgIpc) is 2.81. The fourth-order valence-electron chi connectivity index (χ4n) is 4.04. The molecule has 0 saturated carbocycles. The van der Waals surface area contributed by atoms with Crippen LogP contribution in [0.15, 0.2) is 115 Å². The molecular weight excluding hydrogens is 492 g/mol. The average molecular weight is 515 g/mol. The Labute approximate surface area is 198 Å². The van der Waals surface area contributed by atoms with Crippen LogP contribution in [0.4, 0.5) is 13.2 Å². The number of hydrogen-bond acceptors (Lipinski definition) is 0. The lowest BCUT2D eigenvalue weighted by atomic mass is 10.1. The minimum atomic E-state index is -4.31. The minimum absolute atomic E-state index is 0. The number of alkyl halides is 3. The van der Waals surface area contributed by atoms with Crippen LogP contribution in [-0.2, 0) is 12.6 Å². The van der Waals surface area contributed by atoms with Crippen LogP contribution < -0.4 is 32.9 Å². The molecule has 0 N–H and O–H groups in total. The predicted octanol–water partition coefficient (Wildman–Crippen LogP) is 3.25. The third-order valence-corrected chi connectivity index (χ3v) is 10.0. The van der Waals surface area contributed by atoms with Gasteiger partial charge >= 0.3 is 6.18 Å². The molecule has 164 valence electrons. The number of halogens is 4. The molecule has 0 aromatic heterocycles. The van der Waals surface area contributed by atoms with Gasteiger partial charge < -0.3 is 17.0 Å². The van der Waals surface area contributed by atoms with Crippen LogP contribution in [-0.4, -0.2) is 6.16 Å². The second-order valence-corrected chi connectivity index (χ2v) is 11.1. The van der Waals surface area contributed by atoms with Gasteiger partial charge in [-0.05, 0) is 54.1 Å². The lowest BCUT2D eigenvalue weighted by Crippen LogP contribution is -3.00. The Balaban J connectivity index is 0.00000289. The molecule has 4 rings (SSSR count). The molecule has 32 heavy (non-hydrogen) atoms. The first-order chi connectivity index (χ1) is 15.0. The maximum absolute atomic E-state index is 13.0. The van der Waals surface area contributed by atoms with E-state index in [9.17, 15) is 13.2 Å². The van der Waals surface area contributed by atoms with Crippen molar-refractivity contribution in [3.8, 4) is 0 Å². The van der Waals surface area contributed by atoms with E-state index in [1.165, 1.54) is 28.0 Å². The smallest absolute Gasteiger partial charge is 0.416 e. The van der Waals surface area contributed by atoms with E-state index in [1.807, 2.05) is 18.2 Å². The van der Waals surface area contributed by atoms with Crippen LogP contribution >= 0.6 is 7.26 Å². The summed E-state index contributed by atoms with van der Waals surface area (Å²) >= 11 is 0. The van der Waals surface area contributed by atoms with Crippen molar-refractivity contribution in [2.45, 2.75) is 12.6 Å². The Morgan fingerprint density at radius 1 is 0.531 bits per heavy atom. The maximum Gasteiger partial charge on any atom is 0.416 e. The third kappa shape index (κ3) is 5.14. The summed E-state index contributed by atoms with van der Waals surface area (Å²) in [5.41, 5.74) is 0.312. The van der Waals surface area contributed by atoms with Crippen molar-refractivity contribution in [1.82, 2.24) is 0 Å². The van der Waals surface area contributed by atoms with Gasteiger partial charge in [-0.1, -0.05) is 66.7 Å². The fraction of sp³-hybridized carbons (Fsp3) is 0.111. The van der Waals surface area contributed by atoms with Crippen LogP contribution in [0.1, 0.15) is 11.1 Å². The first-order valence-electron chi connectivity index (χ1n) is 10.2. The van der Waals surface area contributed by atoms with Gasteiger partial charge in [0.25, 0.3) is 0 Å². The summed E-state index contributed by atoms with van der Waals surface area (Å²) in [6.07, 6.45) is -2.77. The summed E-state index contributed by atoms with van der Waals surface area (Å²) in [6.45, 7) is 0. The molecule has 0 spiro atoms. The molecule has 0 atom stereocenters. The van der Waals surface area contributed by atoms with Crippen molar-refractivity contribution >= 4 is 23.2 Å². The summed E-state index contributed by atoms with van der Waals surface area (Å²) < 4.78 is 38.9. The van der Waals surface area contributed by atoms with E-state index in [2.05, 4.69) is 72.8 Å². The van der Waals surface area contributed by atoms with Gasteiger partial charge in [-0.15, -0.1) is 0 Å². The molecule has 0 saturated heterocycles. The van der Waals surface area contributed by atoms with Gasteiger partial charge in [0.2, 0.25) is 0 Å². The van der Waals surface area contributed by atoms with E-state index in [-0.39, 0.29) is 17.0 Å². The fourth-order valence-corrected chi connectivity index (χ4v) is 8.35. The monoisotopic (exact) mass is 514 g/mol. The van der Waals surface area contributed by atoms with Crippen molar-refractivity contribution in [3.05, 3.63) is 126 Å². The van der Waals surface area contributed by atoms with Crippen molar-refractivity contribution in [3.63, 3.8) is 0 Å². The first-order valence-corrected chi connectivity index (χ1v) is 12.2. The van der Waals surface area contributed by atoms with Crippen LogP contribution in [0, 0.1) is 0 Å². The number of benzene rings is 4. The van der Waals surface area contributed by atoms with Crippen molar-refractivity contribution in [1.29, 1.82) is 0 Å². The summed E-state index contributed by atoms with van der Waals surface area (Å²) in [5.74, 6) is 0. The van der Waals surface area contributed by atoms with E-state index in [0.717, 1.165) is 11.7 Å². The van der Waals surface area contributed by atoms with Gasteiger partial charge in [-0.3, -0.25) is 0 Å². The number of rotatable bonds is 6. The summed E-state index contributed by atoms with van der Waals surface area (Å²) in [5, 5.41) is 3.83. The third-order valence-electron chi connectivity index (χ3n) is 5.61.